The van der Waals surface area contributed by atoms with Crippen LogP contribution in [-0.2, 0) is 6.54 Å². The first-order valence-electron chi connectivity index (χ1n) is 5.35. The van der Waals surface area contributed by atoms with Gasteiger partial charge in [-0.3, -0.25) is 10.1 Å². The smallest absolute Gasteiger partial charge is 0.270 e. The third kappa shape index (κ3) is 4.20. The van der Waals surface area contributed by atoms with Crippen molar-refractivity contribution in [2.24, 2.45) is 0 Å². The molecule has 1 aromatic carbocycles. The Morgan fingerprint density at radius 2 is 2.29 bits per heavy atom. The first-order chi connectivity index (χ1) is 8.19. The van der Waals surface area contributed by atoms with Gasteiger partial charge in [0.1, 0.15) is 5.75 Å². The van der Waals surface area contributed by atoms with Crippen LogP contribution in [0.25, 0.3) is 0 Å². The molecule has 0 heterocycles. The van der Waals surface area contributed by atoms with Gasteiger partial charge in [0, 0.05) is 36.7 Å². The van der Waals surface area contributed by atoms with Crippen molar-refractivity contribution < 1.29 is 9.66 Å². The molecular weight excluding hydrogens is 244 g/mol. The Kier molecular flexibility index (Phi) is 5.72. The molecule has 94 valence electrons. The largest absolute Gasteiger partial charge is 0.494 e. The highest BCUT2D eigenvalue weighted by Gasteiger charge is 2.11. The fourth-order valence-electron chi connectivity index (χ4n) is 1.40. The fraction of sp³-hybridized carbons (Fsp3) is 0.455. The van der Waals surface area contributed by atoms with Crippen LogP contribution in [0, 0.1) is 10.1 Å². The highest BCUT2D eigenvalue weighted by Crippen LogP contribution is 2.24. The van der Waals surface area contributed by atoms with E-state index in [1.165, 1.54) is 12.1 Å². The van der Waals surface area contributed by atoms with E-state index in [0.29, 0.717) is 31.3 Å². The van der Waals surface area contributed by atoms with Crippen LogP contribution >= 0.6 is 11.6 Å². The minimum atomic E-state index is -0.416. The lowest BCUT2D eigenvalue weighted by Gasteiger charge is -2.10. The van der Waals surface area contributed by atoms with E-state index in [-0.39, 0.29) is 5.69 Å². The van der Waals surface area contributed by atoms with Gasteiger partial charge in [-0.1, -0.05) is 0 Å². The van der Waals surface area contributed by atoms with Gasteiger partial charge in [0.2, 0.25) is 0 Å². The predicted molar refractivity (Wildman–Crippen MR) is 66.7 cm³/mol. The zero-order valence-electron chi connectivity index (χ0n) is 9.61. The lowest BCUT2D eigenvalue weighted by atomic mass is 10.1. The summed E-state index contributed by atoms with van der Waals surface area (Å²) in [6.45, 7) is 3.55. The van der Waals surface area contributed by atoms with E-state index in [4.69, 9.17) is 16.3 Å². The van der Waals surface area contributed by atoms with E-state index in [0.717, 1.165) is 5.56 Å². The van der Waals surface area contributed by atoms with Gasteiger partial charge in [0.25, 0.3) is 5.69 Å². The van der Waals surface area contributed by atoms with Crippen LogP contribution in [0.1, 0.15) is 12.5 Å². The summed E-state index contributed by atoms with van der Waals surface area (Å²) in [6, 6.07) is 4.58. The van der Waals surface area contributed by atoms with Crippen molar-refractivity contribution in [3.8, 4) is 5.75 Å². The molecule has 0 atom stereocenters. The summed E-state index contributed by atoms with van der Waals surface area (Å²) in [5.41, 5.74) is 0.835. The number of nitrogens with zero attached hydrogens (tertiary/aromatic N) is 1. The van der Waals surface area contributed by atoms with Crippen LogP contribution < -0.4 is 10.1 Å². The minimum absolute atomic E-state index is 0.0659. The van der Waals surface area contributed by atoms with E-state index in [2.05, 4.69) is 5.32 Å². The van der Waals surface area contributed by atoms with E-state index >= 15 is 0 Å². The monoisotopic (exact) mass is 258 g/mol. The number of alkyl halides is 1. The number of ether oxygens (including phenoxy) is 1. The van der Waals surface area contributed by atoms with Crippen molar-refractivity contribution >= 4 is 17.3 Å². The summed E-state index contributed by atoms with van der Waals surface area (Å²) < 4.78 is 5.41. The number of nitrogens with one attached hydrogen (secondary N) is 1. The Hall–Kier alpha value is -1.33. The van der Waals surface area contributed by atoms with Crippen molar-refractivity contribution in [2.45, 2.75) is 13.5 Å². The van der Waals surface area contributed by atoms with Crippen molar-refractivity contribution in [3.63, 3.8) is 0 Å². The molecule has 0 aromatic heterocycles. The predicted octanol–water partition coefficient (Wildman–Crippen LogP) is 2.32. The highest BCUT2D eigenvalue weighted by molar-refractivity contribution is 6.18. The number of nitro groups is 1. The lowest BCUT2D eigenvalue weighted by molar-refractivity contribution is -0.384. The number of benzene rings is 1. The van der Waals surface area contributed by atoms with Gasteiger partial charge in [0.05, 0.1) is 11.5 Å². The summed E-state index contributed by atoms with van der Waals surface area (Å²) in [4.78, 5) is 10.3. The van der Waals surface area contributed by atoms with Crippen molar-refractivity contribution in [1.82, 2.24) is 5.32 Å². The Bertz CT molecular complexity index is 385. The average molecular weight is 259 g/mol. The first kappa shape index (κ1) is 13.7. The van der Waals surface area contributed by atoms with Crippen molar-refractivity contribution in [2.75, 3.05) is 19.0 Å². The molecule has 1 N–H and O–H groups in total. The molecular formula is C11H15ClN2O3. The molecule has 1 aromatic rings. The number of halogens is 1. The number of rotatable bonds is 7. The molecule has 0 fully saturated rings. The van der Waals surface area contributed by atoms with Crippen molar-refractivity contribution in [1.29, 1.82) is 0 Å². The molecule has 0 aliphatic heterocycles. The van der Waals surface area contributed by atoms with Crippen LogP contribution in [0.2, 0.25) is 0 Å². The van der Waals surface area contributed by atoms with E-state index < -0.39 is 4.92 Å². The van der Waals surface area contributed by atoms with Gasteiger partial charge in [-0.25, -0.2) is 0 Å². The summed E-state index contributed by atoms with van der Waals surface area (Å²) in [5, 5.41) is 13.8. The standard InChI is InChI=1S/C11H15ClN2O3/c1-2-17-11-4-3-10(14(15)16)7-9(11)8-13-6-5-12/h3-4,7,13H,2,5-6,8H2,1H3. The Balaban J connectivity index is 2.86. The molecule has 1 rings (SSSR count). The van der Waals surface area contributed by atoms with E-state index in [1.807, 2.05) is 6.92 Å². The van der Waals surface area contributed by atoms with Gasteiger partial charge in [-0.2, -0.15) is 0 Å². The second kappa shape index (κ2) is 7.09. The zero-order chi connectivity index (χ0) is 12.7. The van der Waals surface area contributed by atoms with Crippen LogP contribution in [0.5, 0.6) is 5.75 Å². The molecule has 0 saturated carbocycles. The molecule has 0 bridgehead atoms. The third-order valence-corrected chi connectivity index (χ3v) is 2.33. The Morgan fingerprint density at radius 1 is 1.53 bits per heavy atom. The van der Waals surface area contributed by atoms with E-state index in [1.54, 1.807) is 6.07 Å². The van der Waals surface area contributed by atoms with Gasteiger partial charge >= 0.3 is 0 Å². The minimum Gasteiger partial charge on any atom is -0.494 e. The van der Waals surface area contributed by atoms with Crippen LogP contribution in [0.4, 0.5) is 5.69 Å². The molecule has 0 amide bonds. The Labute approximate surface area is 105 Å². The fourth-order valence-corrected chi connectivity index (χ4v) is 1.54. The normalized spacial score (nSPS) is 10.2. The number of hydrogen-bond donors (Lipinski definition) is 1. The van der Waals surface area contributed by atoms with Gasteiger partial charge in [0.15, 0.2) is 0 Å². The maximum atomic E-state index is 10.7. The maximum absolute atomic E-state index is 10.7. The number of non-ortho nitro benzene ring substituents is 1. The van der Waals surface area contributed by atoms with Gasteiger partial charge < -0.3 is 10.1 Å². The number of nitro benzene ring substituents is 1. The Morgan fingerprint density at radius 3 is 2.88 bits per heavy atom. The molecule has 0 spiro atoms. The van der Waals surface area contributed by atoms with E-state index in [9.17, 15) is 10.1 Å². The first-order valence-corrected chi connectivity index (χ1v) is 5.89. The van der Waals surface area contributed by atoms with Crippen LogP contribution in [0.15, 0.2) is 18.2 Å². The lowest BCUT2D eigenvalue weighted by Crippen LogP contribution is -2.16. The average Bonchev–Trinajstić information content (AvgIpc) is 2.31. The van der Waals surface area contributed by atoms with Gasteiger partial charge in [-0.05, 0) is 13.0 Å². The molecule has 0 aliphatic rings. The van der Waals surface area contributed by atoms with Crippen molar-refractivity contribution in [3.05, 3.63) is 33.9 Å². The third-order valence-electron chi connectivity index (χ3n) is 2.14. The maximum Gasteiger partial charge on any atom is 0.270 e. The molecule has 0 unspecified atom stereocenters. The molecule has 0 aliphatic carbocycles. The summed E-state index contributed by atoms with van der Waals surface area (Å²) in [5.74, 6) is 1.17. The molecule has 17 heavy (non-hydrogen) atoms. The molecule has 0 saturated heterocycles. The van der Waals surface area contributed by atoms with Crippen LogP contribution in [-0.4, -0.2) is 24.0 Å². The number of hydrogen-bond acceptors (Lipinski definition) is 4. The second-order valence-corrected chi connectivity index (χ2v) is 3.73. The van der Waals surface area contributed by atoms with Crippen LogP contribution in [0.3, 0.4) is 0 Å². The highest BCUT2D eigenvalue weighted by atomic mass is 35.5. The van der Waals surface area contributed by atoms with Gasteiger partial charge in [-0.15, -0.1) is 11.6 Å². The topological polar surface area (TPSA) is 64.4 Å². The second-order valence-electron chi connectivity index (χ2n) is 3.35. The zero-order valence-corrected chi connectivity index (χ0v) is 10.4. The molecule has 6 heteroatoms. The quantitative estimate of drug-likeness (QED) is 0.353. The summed E-state index contributed by atoms with van der Waals surface area (Å²) in [7, 11) is 0. The SMILES string of the molecule is CCOc1ccc([N+](=O)[O-])cc1CNCCCl. The molecule has 5 nitrogen and oxygen atoms in total. The molecule has 0 radical (unpaired) electrons. The summed E-state index contributed by atoms with van der Waals surface area (Å²) in [6.07, 6.45) is 0. The summed E-state index contributed by atoms with van der Waals surface area (Å²) >= 11 is 5.55.